The number of rotatable bonds is 3. The zero-order chi connectivity index (χ0) is 11.9. The Hall–Kier alpha value is -0.170. The molecule has 1 aliphatic heterocycles. The number of nitrogens with zero attached hydrogens (tertiary/aromatic N) is 1. The van der Waals surface area contributed by atoms with Crippen LogP contribution in [0.5, 0.6) is 0 Å². The molecule has 1 saturated heterocycles. The van der Waals surface area contributed by atoms with Crippen molar-refractivity contribution in [1.82, 2.24) is 0 Å². The summed E-state index contributed by atoms with van der Waals surface area (Å²) in [6.45, 7) is 6.52. The molecule has 0 aromatic carbocycles. The summed E-state index contributed by atoms with van der Waals surface area (Å²) in [5, 5.41) is 0. The van der Waals surface area contributed by atoms with Crippen molar-refractivity contribution in [3.05, 3.63) is 0 Å². The van der Waals surface area contributed by atoms with Gasteiger partial charge in [-0.25, -0.2) is 8.42 Å². The lowest BCUT2D eigenvalue weighted by molar-refractivity contribution is -0.897. The van der Waals surface area contributed by atoms with E-state index in [9.17, 15) is 13.0 Å². The first kappa shape index (κ1) is 14.8. The van der Waals surface area contributed by atoms with Gasteiger partial charge in [0.05, 0.1) is 33.8 Å². The second-order valence-electron chi connectivity index (χ2n) is 4.07. The summed E-state index contributed by atoms with van der Waals surface area (Å²) in [7, 11) is -1.22. The van der Waals surface area contributed by atoms with E-state index in [1.54, 1.807) is 0 Å². The zero-order valence-corrected chi connectivity index (χ0v) is 10.5. The van der Waals surface area contributed by atoms with E-state index in [1.165, 1.54) is 43.4 Å². The van der Waals surface area contributed by atoms with Crippen LogP contribution in [-0.4, -0.2) is 51.2 Å². The average molecular weight is 239 g/mol. The van der Waals surface area contributed by atoms with Gasteiger partial charge in [-0.1, -0.05) is 6.92 Å². The van der Waals surface area contributed by atoms with Gasteiger partial charge in [0.1, 0.15) is 0 Å². The van der Waals surface area contributed by atoms with E-state index < -0.39 is 10.4 Å². The molecule has 0 spiro atoms. The van der Waals surface area contributed by atoms with Crippen LogP contribution in [0.2, 0.25) is 0 Å². The molecular weight excluding hydrogens is 218 g/mol. The molecule has 0 radical (unpaired) electrons. The van der Waals surface area contributed by atoms with Crippen LogP contribution in [0.15, 0.2) is 0 Å². The Labute approximate surface area is 92.6 Å². The number of quaternary nitrogens is 1. The quantitative estimate of drug-likeness (QED) is 0.414. The molecule has 0 bridgehead atoms. The largest absolute Gasteiger partial charge is 0.726 e. The predicted molar refractivity (Wildman–Crippen MR) is 57.0 cm³/mol. The first-order valence-corrected chi connectivity index (χ1v) is 6.51. The molecular formula is C9H21NO4S. The highest BCUT2D eigenvalue weighted by molar-refractivity contribution is 7.80. The Morgan fingerprint density at radius 3 is 2.00 bits per heavy atom. The van der Waals surface area contributed by atoms with Gasteiger partial charge < -0.3 is 9.04 Å². The molecule has 0 saturated carbocycles. The topological polar surface area (TPSA) is 66.4 Å². The normalized spacial score (nSPS) is 19.5. The van der Waals surface area contributed by atoms with E-state index in [0.717, 1.165) is 7.11 Å². The average Bonchev–Trinajstić information content (AvgIpc) is 2.53. The van der Waals surface area contributed by atoms with Gasteiger partial charge in [-0.3, -0.25) is 4.18 Å². The van der Waals surface area contributed by atoms with Crippen molar-refractivity contribution in [2.24, 2.45) is 0 Å². The monoisotopic (exact) mass is 239 g/mol. The molecule has 1 aliphatic rings. The van der Waals surface area contributed by atoms with Crippen LogP contribution in [0.25, 0.3) is 0 Å². The third kappa shape index (κ3) is 7.72. The maximum atomic E-state index is 9.22. The van der Waals surface area contributed by atoms with Crippen molar-refractivity contribution in [1.29, 1.82) is 0 Å². The van der Waals surface area contributed by atoms with E-state index in [0.29, 0.717) is 0 Å². The first-order chi connectivity index (χ1) is 6.83. The Bertz CT molecular complexity index is 257. The summed E-state index contributed by atoms with van der Waals surface area (Å²) >= 11 is 0. The van der Waals surface area contributed by atoms with Gasteiger partial charge in [-0.05, 0) is 6.42 Å². The molecule has 15 heavy (non-hydrogen) atoms. The van der Waals surface area contributed by atoms with Crippen molar-refractivity contribution < 1.29 is 21.6 Å². The van der Waals surface area contributed by atoms with Gasteiger partial charge in [-0.2, -0.15) is 0 Å². The number of hydrogen-bond acceptors (Lipinski definition) is 4. The molecule has 0 atom stereocenters. The lowest BCUT2D eigenvalue weighted by Crippen LogP contribution is -2.41. The molecule has 1 rings (SSSR count). The van der Waals surface area contributed by atoms with Gasteiger partial charge in [0, 0.05) is 12.8 Å². The molecule has 0 aliphatic carbocycles. The SMILES string of the molecule is CCC[N+]1(C)CCCC1.COS(=O)(=O)[O-]. The molecule has 0 aromatic rings. The second kappa shape index (κ2) is 6.42. The predicted octanol–water partition coefficient (Wildman–Crippen LogP) is 0.730. The highest BCUT2D eigenvalue weighted by atomic mass is 32.3. The number of likely N-dealkylation sites (tertiary alicyclic amines) is 1. The summed E-state index contributed by atoms with van der Waals surface area (Å²) in [5.41, 5.74) is 0. The van der Waals surface area contributed by atoms with E-state index >= 15 is 0 Å². The highest BCUT2D eigenvalue weighted by Crippen LogP contribution is 2.15. The van der Waals surface area contributed by atoms with Crippen LogP contribution in [0, 0.1) is 0 Å². The summed E-state index contributed by atoms with van der Waals surface area (Å²) in [6, 6.07) is 0. The lowest BCUT2D eigenvalue weighted by atomic mass is 10.4. The maximum Gasteiger partial charge on any atom is 0.217 e. The third-order valence-electron chi connectivity index (χ3n) is 2.61. The van der Waals surface area contributed by atoms with Crippen molar-refractivity contribution >= 4 is 10.4 Å². The summed E-state index contributed by atoms with van der Waals surface area (Å²) < 4.78 is 32.4. The Balaban J connectivity index is 0.000000288. The number of hydrogen-bond donors (Lipinski definition) is 0. The molecule has 1 heterocycles. The van der Waals surface area contributed by atoms with E-state index in [-0.39, 0.29) is 0 Å². The van der Waals surface area contributed by atoms with Crippen molar-refractivity contribution in [3.63, 3.8) is 0 Å². The minimum Gasteiger partial charge on any atom is -0.726 e. The molecule has 0 unspecified atom stereocenters. The lowest BCUT2D eigenvalue weighted by Gasteiger charge is -2.28. The van der Waals surface area contributed by atoms with Crippen LogP contribution in [0.1, 0.15) is 26.2 Å². The molecule has 0 N–H and O–H groups in total. The fourth-order valence-corrected chi connectivity index (χ4v) is 1.86. The van der Waals surface area contributed by atoms with E-state index in [1.807, 2.05) is 0 Å². The van der Waals surface area contributed by atoms with Crippen LogP contribution < -0.4 is 0 Å². The maximum absolute atomic E-state index is 9.22. The van der Waals surface area contributed by atoms with Gasteiger partial charge in [0.2, 0.25) is 10.4 Å². The Morgan fingerprint density at radius 1 is 1.33 bits per heavy atom. The third-order valence-corrected chi connectivity index (χ3v) is 3.02. The van der Waals surface area contributed by atoms with Gasteiger partial charge in [0.25, 0.3) is 0 Å². The molecule has 1 fully saturated rings. The van der Waals surface area contributed by atoms with Crippen molar-refractivity contribution in [3.8, 4) is 0 Å². The fraction of sp³-hybridized carbons (Fsp3) is 1.00. The minimum atomic E-state index is -4.41. The minimum absolute atomic E-state index is 0.808. The molecule has 0 aromatic heterocycles. The van der Waals surface area contributed by atoms with E-state index in [4.69, 9.17) is 0 Å². The zero-order valence-electron chi connectivity index (χ0n) is 9.73. The fourth-order valence-electron chi connectivity index (χ4n) is 1.86. The molecule has 6 heteroatoms. The van der Waals surface area contributed by atoms with Crippen molar-refractivity contribution in [2.45, 2.75) is 26.2 Å². The molecule has 5 nitrogen and oxygen atoms in total. The summed E-state index contributed by atoms with van der Waals surface area (Å²) in [6.07, 6.45) is 4.25. The smallest absolute Gasteiger partial charge is 0.217 e. The standard InChI is InChI=1S/C8H18N.CH4O4S/c1-3-6-9(2)7-4-5-8-9;1-5-6(2,3)4/h3-8H2,1-2H3;1H3,(H,2,3,4)/q+1;/p-1. The van der Waals surface area contributed by atoms with Crippen LogP contribution in [0.4, 0.5) is 0 Å². The summed E-state index contributed by atoms with van der Waals surface area (Å²) in [4.78, 5) is 0. The van der Waals surface area contributed by atoms with Gasteiger partial charge >= 0.3 is 0 Å². The Morgan fingerprint density at radius 2 is 1.73 bits per heavy atom. The van der Waals surface area contributed by atoms with Crippen LogP contribution in [0.3, 0.4) is 0 Å². The molecule has 92 valence electrons. The van der Waals surface area contributed by atoms with Gasteiger partial charge in [0.15, 0.2) is 0 Å². The Kier molecular flexibility index (Phi) is 6.35. The van der Waals surface area contributed by atoms with Crippen molar-refractivity contribution in [2.75, 3.05) is 33.8 Å². The molecule has 0 amide bonds. The highest BCUT2D eigenvalue weighted by Gasteiger charge is 2.24. The van der Waals surface area contributed by atoms with Crippen LogP contribution in [-0.2, 0) is 14.6 Å². The van der Waals surface area contributed by atoms with Crippen LogP contribution >= 0.6 is 0 Å². The first-order valence-electron chi connectivity index (χ1n) is 5.18. The van der Waals surface area contributed by atoms with E-state index in [2.05, 4.69) is 18.2 Å². The van der Waals surface area contributed by atoms with Gasteiger partial charge in [-0.15, -0.1) is 0 Å². The summed E-state index contributed by atoms with van der Waals surface area (Å²) in [5.74, 6) is 0. The second-order valence-corrected chi connectivity index (χ2v) is 5.22.